The van der Waals surface area contributed by atoms with E-state index in [1.165, 1.54) is 0 Å². The van der Waals surface area contributed by atoms with Crippen molar-refractivity contribution in [2.75, 3.05) is 5.32 Å². The van der Waals surface area contributed by atoms with Crippen LogP contribution >= 0.6 is 28.1 Å². The molecule has 0 aliphatic heterocycles. The van der Waals surface area contributed by atoms with Gasteiger partial charge < -0.3 is 11.1 Å². The molecule has 1 amide bonds. The van der Waals surface area contributed by atoms with Crippen molar-refractivity contribution in [2.45, 2.75) is 12.8 Å². The molecular weight excluding hydrogens is 276 g/mol. The SMILES string of the molecule is NC(=S)CCC(=O)Nc1ccc(Br)cc1. The van der Waals surface area contributed by atoms with Crippen LogP contribution in [0.5, 0.6) is 0 Å². The average Bonchev–Trinajstić information content (AvgIpc) is 2.19. The van der Waals surface area contributed by atoms with E-state index in [0.29, 0.717) is 17.8 Å². The van der Waals surface area contributed by atoms with Crippen LogP contribution in [0.2, 0.25) is 0 Å². The van der Waals surface area contributed by atoms with Crippen LogP contribution in [0.1, 0.15) is 12.8 Å². The normalized spacial score (nSPS) is 9.67. The molecule has 0 bridgehead atoms. The molecule has 0 aliphatic carbocycles. The van der Waals surface area contributed by atoms with Crippen molar-refractivity contribution in [2.24, 2.45) is 5.73 Å². The third-order valence-electron chi connectivity index (χ3n) is 1.73. The zero-order valence-electron chi connectivity index (χ0n) is 8.00. The van der Waals surface area contributed by atoms with Gasteiger partial charge in [0, 0.05) is 23.0 Å². The molecule has 0 atom stereocenters. The maximum Gasteiger partial charge on any atom is 0.224 e. The number of hydrogen-bond acceptors (Lipinski definition) is 2. The van der Waals surface area contributed by atoms with Crippen LogP contribution in [0.4, 0.5) is 5.69 Å². The molecule has 3 nitrogen and oxygen atoms in total. The number of rotatable bonds is 4. The lowest BCUT2D eigenvalue weighted by atomic mass is 10.2. The fourth-order valence-electron chi connectivity index (χ4n) is 0.993. The van der Waals surface area contributed by atoms with Crippen LogP contribution in [-0.4, -0.2) is 10.9 Å². The Morgan fingerprint density at radius 2 is 1.93 bits per heavy atom. The number of hydrogen-bond donors (Lipinski definition) is 2. The molecule has 0 saturated heterocycles. The summed E-state index contributed by atoms with van der Waals surface area (Å²) in [5.41, 5.74) is 6.07. The predicted octanol–water partition coefficient (Wildman–Crippen LogP) is 2.45. The maximum atomic E-state index is 11.4. The lowest BCUT2D eigenvalue weighted by Gasteiger charge is -2.04. The smallest absolute Gasteiger partial charge is 0.224 e. The van der Waals surface area contributed by atoms with Gasteiger partial charge in [-0.15, -0.1) is 0 Å². The minimum Gasteiger partial charge on any atom is -0.393 e. The molecule has 0 unspecified atom stereocenters. The highest BCUT2D eigenvalue weighted by molar-refractivity contribution is 9.10. The van der Waals surface area contributed by atoms with Crippen molar-refractivity contribution >= 4 is 44.7 Å². The standard InChI is InChI=1S/C10H11BrN2OS/c11-7-1-3-8(4-2-7)13-10(14)6-5-9(12)15/h1-4H,5-6H2,(H2,12,15)(H,13,14). The minimum absolute atomic E-state index is 0.0786. The van der Waals surface area contributed by atoms with Crippen molar-refractivity contribution in [1.82, 2.24) is 0 Å². The highest BCUT2D eigenvalue weighted by atomic mass is 79.9. The summed E-state index contributed by atoms with van der Waals surface area (Å²) in [5.74, 6) is -0.0786. The first-order chi connectivity index (χ1) is 7.08. The maximum absolute atomic E-state index is 11.4. The summed E-state index contributed by atoms with van der Waals surface area (Å²) < 4.78 is 0.976. The molecule has 1 rings (SSSR count). The molecule has 5 heteroatoms. The number of carbonyl (C=O) groups is 1. The second kappa shape index (κ2) is 5.82. The summed E-state index contributed by atoms with van der Waals surface area (Å²) in [6.45, 7) is 0. The number of halogens is 1. The summed E-state index contributed by atoms with van der Waals surface area (Å²) in [7, 11) is 0. The van der Waals surface area contributed by atoms with Crippen LogP contribution in [0.25, 0.3) is 0 Å². The van der Waals surface area contributed by atoms with Crippen LogP contribution in [0.15, 0.2) is 28.7 Å². The number of carbonyl (C=O) groups excluding carboxylic acids is 1. The number of amides is 1. The van der Waals surface area contributed by atoms with E-state index in [0.717, 1.165) is 10.2 Å². The van der Waals surface area contributed by atoms with Gasteiger partial charge in [0.1, 0.15) is 0 Å². The lowest BCUT2D eigenvalue weighted by Crippen LogP contribution is -2.15. The minimum atomic E-state index is -0.0786. The highest BCUT2D eigenvalue weighted by Crippen LogP contribution is 2.14. The summed E-state index contributed by atoms with van der Waals surface area (Å²) >= 11 is 8.00. The Morgan fingerprint density at radius 1 is 1.33 bits per heavy atom. The van der Waals surface area contributed by atoms with Crippen LogP contribution < -0.4 is 11.1 Å². The van der Waals surface area contributed by atoms with E-state index >= 15 is 0 Å². The fraction of sp³-hybridized carbons (Fsp3) is 0.200. The van der Waals surface area contributed by atoms with Crippen molar-refractivity contribution in [3.05, 3.63) is 28.7 Å². The van der Waals surface area contributed by atoms with E-state index in [9.17, 15) is 4.79 Å². The highest BCUT2D eigenvalue weighted by Gasteiger charge is 2.02. The van der Waals surface area contributed by atoms with Gasteiger partial charge >= 0.3 is 0 Å². The molecule has 0 radical (unpaired) electrons. The summed E-state index contributed by atoms with van der Waals surface area (Å²) in [6.07, 6.45) is 0.767. The molecular formula is C10H11BrN2OS. The summed E-state index contributed by atoms with van der Waals surface area (Å²) in [6, 6.07) is 7.37. The van der Waals surface area contributed by atoms with Gasteiger partial charge in [-0.25, -0.2) is 0 Å². The first-order valence-corrected chi connectivity index (χ1v) is 5.62. The molecule has 80 valence electrons. The van der Waals surface area contributed by atoms with Crippen LogP contribution in [0.3, 0.4) is 0 Å². The summed E-state index contributed by atoms with van der Waals surface area (Å²) in [5, 5.41) is 2.75. The van der Waals surface area contributed by atoms with Crippen molar-refractivity contribution < 1.29 is 4.79 Å². The van der Waals surface area contributed by atoms with Crippen molar-refractivity contribution in [3.63, 3.8) is 0 Å². The van der Waals surface area contributed by atoms with E-state index < -0.39 is 0 Å². The quantitative estimate of drug-likeness (QED) is 0.836. The molecule has 0 aromatic heterocycles. The van der Waals surface area contributed by atoms with Gasteiger partial charge in [-0.1, -0.05) is 28.1 Å². The second-order valence-electron chi connectivity index (χ2n) is 3.02. The second-order valence-corrected chi connectivity index (χ2v) is 4.46. The fourth-order valence-corrected chi connectivity index (χ4v) is 1.36. The first-order valence-electron chi connectivity index (χ1n) is 4.41. The monoisotopic (exact) mass is 286 g/mol. The summed E-state index contributed by atoms with van der Waals surface area (Å²) in [4.78, 5) is 11.7. The van der Waals surface area contributed by atoms with E-state index in [1.54, 1.807) is 0 Å². The van der Waals surface area contributed by atoms with Gasteiger partial charge in [0.05, 0.1) is 4.99 Å². The van der Waals surface area contributed by atoms with Crippen molar-refractivity contribution in [1.29, 1.82) is 0 Å². The van der Waals surface area contributed by atoms with Crippen LogP contribution in [0, 0.1) is 0 Å². The first kappa shape index (κ1) is 12.1. The predicted molar refractivity (Wildman–Crippen MR) is 68.8 cm³/mol. The zero-order valence-corrected chi connectivity index (χ0v) is 10.4. The Labute approximate surface area is 102 Å². The number of anilines is 1. The molecule has 0 fully saturated rings. The number of nitrogens with two attached hydrogens (primary N) is 1. The average molecular weight is 287 g/mol. The van der Waals surface area contributed by atoms with Gasteiger partial charge in [0.2, 0.25) is 5.91 Å². The van der Waals surface area contributed by atoms with Gasteiger partial charge in [-0.2, -0.15) is 0 Å². The lowest BCUT2D eigenvalue weighted by molar-refractivity contribution is -0.116. The molecule has 3 N–H and O–H groups in total. The van der Waals surface area contributed by atoms with Gasteiger partial charge in [-0.3, -0.25) is 4.79 Å². The van der Waals surface area contributed by atoms with E-state index in [1.807, 2.05) is 24.3 Å². The topological polar surface area (TPSA) is 55.1 Å². The number of benzene rings is 1. The molecule has 0 spiro atoms. The Morgan fingerprint density at radius 3 is 2.47 bits per heavy atom. The molecule has 1 aromatic rings. The zero-order chi connectivity index (χ0) is 11.3. The third kappa shape index (κ3) is 4.90. The third-order valence-corrected chi connectivity index (χ3v) is 2.46. The van der Waals surface area contributed by atoms with Gasteiger partial charge in [0.25, 0.3) is 0 Å². The molecule has 0 heterocycles. The van der Waals surface area contributed by atoms with E-state index in [4.69, 9.17) is 5.73 Å². The van der Waals surface area contributed by atoms with E-state index in [2.05, 4.69) is 33.5 Å². The Hall–Kier alpha value is -0.940. The molecule has 0 aliphatic rings. The van der Waals surface area contributed by atoms with E-state index in [-0.39, 0.29) is 5.91 Å². The van der Waals surface area contributed by atoms with Crippen LogP contribution in [-0.2, 0) is 4.79 Å². The molecule has 15 heavy (non-hydrogen) atoms. The Kier molecular flexibility index (Phi) is 4.71. The van der Waals surface area contributed by atoms with Gasteiger partial charge in [0.15, 0.2) is 0 Å². The Bertz CT molecular complexity index is 364. The van der Waals surface area contributed by atoms with Crippen molar-refractivity contribution in [3.8, 4) is 0 Å². The molecule has 0 saturated carbocycles. The largest absolute Gasteiger partial charge is 0.393 e. The number of nitrogens with one attached hydrogen (secondary N) is 1. The Balaban J connectivity index is 2.44. The number of thiocarbonyl (C=S) groups is 1. The van der Waals surface area contributed by atoms with Gasteiger partial charge in [-0.05, 0) is 24.3 Å². The molecule has 1 aromatic carbocycles.